The SMILES string of the molecule is CC(C)c1c(-c2ccn(CCO)n2)cc(C(C)(C)C)c(O)c1C(C)(C)C. The Labute approximate surface area is 157 Å². The van der Waals surface area contributed by atoms with Crippen LogP contribution in [0.4, 0.5) is 0 Å². The van der Waals surface area contributed by atoms with Gasteiger partial charge < -0.3 is 10.2 Å². The summed E-state index contributed by atoms with van der Waals surface area (Å²) in [5.41, 5.74) is 4.69. The summed E-state index contributed by atoms with van der Waals surface area (Å²) in [6, 6.07) is 4.10. The average Bonchev–Trinajstić information content (AvgIpc) is 2.92. The maximum absolute atomic E-state index is 11.2. The number of aliphatic hydroxyl groups excluding tert-OH is 1. The minimum atomic E-state index is -0.187. The van der Waals surface area contributed by atoms with Crippen molar-refractivity contribution in [2.24, 2.45) is 0 Å². The van der Waals surface area contributed by atoms with Crippen molar-refractivity contribution in [3.63, 3.8) is 0 Å². The second-order valence-corrected chi connectivity index (χ2v) is 9.45. The highest BCUT2D eigenvalue weighted by Gasteiger charge is 2.32. The van der Waals surface area contributed by atoms with E-state index in [-0.39, 0.29) is 23.4 Å². The number of benzene rings is 1. The zero-order valence-corrected chi connectivity index (χ0v) is 17.5. The Morgan fingerprint density at radius 2 is 1.69 bits per heavy atom. The molecule has 26 heavy (non-hydrogen) atoms. The molecule has 0 aliphatic heterocycles. The smallest absolute Gasteiger partial charge is 0.123 e. The van der Waals surface area contributed by atoms with Crippen molar-refractivity contribution in [1.29, 1.82) is 0 Å². The zero-order chi connectivity index (χ0) is 19.9. The Balaban J connectivity index is 2.88. The first-order chi connectivity index (χ1) is 11.9. The van der Waals surface area contributed by atoms with E-state index in [4.69, 9.17) is 0 Å². The lowest BCUT2D eigenvalue weighted by atomic mass is 9.73. The molecule has 0 unspecified atom stereocenters. The molecule has 0 radical (unpaired) electrons. The molecule has 0 aliphatic carbocycles. The summed E-state index contributed by atoms with van der Waals surface area (Å²) >= 11 is 0. The highest BCUT2D eigenvalue weighted by molar-refractivity contribution is 5.72. The second kappa shape index (κ2) is 7.07. The highest BCUT2D eigenvalue weighted by atomic mass is 16.3. The van der Waals surface area contributed by atoms with Crippen LogP contribution in [-0.4, -0.2) is 26.6 Å². The van der Waals surface area contributed by atoms with Crippen molar-refractivity contribution in [1.82, 2.24) is 9.78 Å². The molecule has 0 saturated heterocycles. The van der Waals surface area contributed by atoms with E-state index in [0.29, 0.717) is 12.3 Å². The molecule has 0 bridgehead atoms. The molecular formula is C22H34N2O2. The highest BCUT2D eigenvalue weighted by Crippen LogP contribution is 2.47. The molecule has 1 heterocycles. The summed E-state index contributed by atoms with van der Waals surface area (Å²) in [4.78, 5) is 0. The number of rotatable bonds is 4. The van der Waals surface area contributed by atoms with Gasteiger partial charge in [0, 0.05) is 22.9 Å². The van der Waals surface area contributed by atoms with E-state index in [1.165, 1.54) is 0 Å². The zero-order valence-electron chi connectivity index (χ0n) is 17.5. The first kappa shape index (κ1) is 20.5. The second-order valence-electron chi connectivity index (χ2n) is 9.45. The standard InChI is InChI=1S/C22H34N2O2/c1-14(2)18-15(17-9-10-24(23-17)11-12-25)13-16(21(3,4)5)20(26)19(18)22(6,7)8/h9-10,13-14,25-26H,11-12H2,1-8H3. The Morgan fingerprint density at radius 3 is 2.15 bits per heavy atom. The molecule has 2 aromatic rings. The van der Waals surface area contributed by atoms with Gasteiger partial charge in [0.05, 0.1) is 18.8 Å². The first-order valence-electron chi connectivity index (χ1n) is 9.43. The van der Waals surface area contributed by atoms with Gasteiger partial charge >= 0.3 is 0 Å². The van der Waals surface area contributed by atoms with Crippen LogP contribution >= 0.6 is 0 Å². The third-order valence-corrected chi connectivity index (χ3v) is 4.72. The fourth-order valence-electron chi connectivity index (χ4n) is 3.56. The van der Waals surface area contributed by atoms with Gasteiger partial charge in [-0.2, -0.15) is 5.10 Å². The van der Waals surface area contributed by atoms with Gasteiger partial charge in [0.25, 0.3) is 0 Å². The van der Waals surface area contributed by atoms with Gasteiger partial charge in [0.15, 0.2) is 0 Å². The van der Waals surface area contributed by atoms with Crippen molar-refractivity contribution in [3.05, 3.63) is 35.0 Å². The topological polar surface area (TPSA) is 58.3 Å². The fourth-order valence-corrected chi connectivity index (χ4v) is 3.56. The Bertz CT molecular complexity index is 775. The van der Waals surface area contributed by atoms with Crippen molar-refractivity contribution in [3.8, 4) is 17.0 Å². The average molecular weight is 359 g/mol. The third-order valence-electron chi connectivity index (χ3n) is 4.72. The van der Waals surface area contributed by atoms with Crippen LogP contribution < -0.4 is 0 Å². The predicted molar refractivity (Wildman–Crippen MR) is 108 cm³/mol. The van der Waals surface area contributed by atoms with Gasteiger partial charge in [0.2, 0.25) is 0 Å². The lowest BCUT2D eigenvalue weighted by Crippen LogP contribution is -2.20. The monoisotopic (exact) mass is 358 g/mol. The van der Waals surface area contributed by atoms with Gasteiger partial charge in [-0.15, -0.1) is 0 Å². The molecule has 1 aromatic carbocycles. The molecule has 1 aromatic heterocycles. The molecule has 2 rings (SSSR count). The molecule has 0 spiro atoms. The number of phenols is 1. The quantitative estimate of drug-likeness (QED) is 0.811. The maximum atomic E-state index is 11.2. The number of nitrogens with zero attached hydrogens (tertiary/aromatic N) is 2. The minimum absolute atomic E-state index is 0.0637. The van der Waals surface area contributed by atoms with Crippen LogP contribution in [0.15, 0.2) is 18.3 Å². The summed E-state index contributed by atoms with van der Waals surface area (Å²) in [6.07, 6.45) is 1.90. The normalized spacial score (nSPS) is 12.8. The summed E-state index contributed by atoms with van der Waals surface area (Å²) in [7, 11) is 0. The molecule has 0 aliphatic rings. The first-order valence-corrected chi connectivity index (χ1v) is 9.43. The van der Waals surface area contributed by atoms with Crippen molar-refractivity contribution in [2.45, 2.75) is 78.7 Å². The van der Waals surface area contributed by atoms with E-state index in [0.717, 1.165) is 27.9 Å². The van der Waals surface area contributed by atoms with Gasteiger partial charge in [-0.25, -0.2) is 0 Å². The van der Waals surface area contributed by atoms with E-state index >= 15 is 0 Å². The maximum Gasteiger partial charge on any atom is 0.123 e. The van der Waals surface area contributed by atoms with Gasteiger partial charge in [-0.05, 0) is 34.4 Å². The number of hydrogen-bond acceptors (Lipinski definition) is 3. The summed E-state index contributed by atoms with van der Waals surface area (Å²) < 4.78 is 1.76. The molecule has 4 heteroatoms. The molecule has 144 valence electrons. The predicted octanol–water partition coefficient (Wildman–Crippen LogP) is 4.97. The third kappa shape index (κ3) is 3.96. The van der Waals surface area contributed by atoms with E-state index in [1.54, 1.807) is 4.68 Å². The number of aliphatic hydroxyl groups is 1. The molecule has 0 amide bonds. The lowest BCUT2D eigenvalue weighted by Gasteiger charge is -2.32. The van der Waals surface area contributed by atoms with Crippen LogP contribution in [0.5, 0.6) is 5.75 Å². The number of phenolic OH excluding ortho intramolecular Hbond substituents is 1. The van der Waals surface area contributed by atoms with E-state index < -0.39 is 0 Å². The summed E-state index contributed by atoms with van der Waals surface area (Å²) in [5, 5.41) is 25.0. The van der Waals surface area contributed by atoms with E-state index in [9.17, 15) is 10.2 Å². The van der Waals surface area contributed by atoms with Crippen LogP contribution in [-0.2, 0) is 17.4 Å². The Kier molecular flexibility index (Phi) is 5.57. The van der Waals surface area contributed by atoms with Crippen LogP contribution in [0.1, 0.15) is 78.0 Å². The number of aromatic nitrogens is 2. The largest absolute Gasteiger partial charge is 0.507 e. The summed E-state index contributed by atoms with van der Waals surface area (Å²) in [5.74, 6) is 0.661. The van der Waals surface area contributed by atoms with Crippen molar-refractivity contribution < 1.29 is 10.2 Å². The van der Waals surface area contributed by atoms with E-state index in [1.807, 2.05) is 12.3 Å². The minimum Gasteiger partial charge on any atom is -0.507 e. The Morgan fingerprint density at radius 1 is 1.08 bits per heavy atom. The van der Waals surface area contributed by atoms with Crippen LogP contribution in [0, 0.1) is 0 Å². The van der Waals surface area contributed by atoms with Crippen molar-refractivity contribution >= 4 is 0 Å². The van der Waals surface area contributed by atoms with Gasteiger partial charge in [-0.1, -0.05) is 55.4 Å². The van der Waals surface area contributed by atoms with Crippen LogP contribution in [0.3, 0.4) is 0 Å². The molecule has 0 saturated carbocycles. The molecule has 2 N–H and O–H groups in total. The lowest BCUT2D eigenvalue weighted by molar-refractivity contribution is 0.269. The Hall–Kier alpha value is -1.81. The van der Waals surface area contributed by atoms with Crippen LogP contribution in [0.2, 0.25) is 0 Å². The van der Waals surface area contributed by atoms with E-state index in [2.05, 4.69) is 66.6 Å². The van der Waals surface area contributed by atoms with Gasteiger partial charge in [-0.3, -0.25) is 4.68 Å². The summed E-state index contributed by atoms with van der Waals surface area (Å²) in [6.45, 7) is 17.7. The number of aromatic hydroxyl groups is 1. The van der Waals surface area contributed by atoms with Crippen LogP contribution in [0.25, 0.3) is 11.3 Å². The molecule has 0 fully saturated rings. The van der Waals surface area contributed by atoms with Crippen molar-refractivity contribution in [2.75, 3.05) is 6.61 Å². The molecular weight excluding hydrogens is 324 g/mol. The fraction of sp³-hybridized carbons (Fsp3) is 0.591. The molecule has 4 nitrogen and oxygen atoms in total. The van der Waals surface area contributed by atoms with Gasteiger partial charge in [0.1, 0.15) is 5.75 Å². The number of hydrogen-bond donors (Lipinski definition) is 2. The molecule has 0 atom stereocenters.